The summed E-state index contributed by atoms with van der Waals surface area (Å²) in [6.45, 7) is 14.6. The Bertz CT molecular complexity index is 1590. The van der Waals surface area contributed by atoms with E-state index < -0.39 is 0 Å². The fourth-order valence-electron chi connectivity index (χ4n) is 6.04. The number of rotatable bonds is 9. The van der Waals surface area contributed by atoms with Gasteiger partial charge in [-0.25, -0.2) is 9.48 Å². The molecule has 2 amide bonds. The molecule has 1 atom stereocenters. The average Bonchev–Trinajstić information content (AvgIpc) is 3.43. The van der Waals surface area contributed by atoms with E-state index in [2.05, 4.69) is 62.7 Å². The third kappa shape index (κ3) is 8.08. The Hall–Kier alpha value is -4.23. The van der Waals surface area contributed by atoms with Crippen LogP contribution in [-0.4, -0.2) is 34.7 Å². The Labute approximate surface area is 267 Å². The zero-order chi connectivity index (χ0) is 32.1. The molecule has 5 rings (SSSR count). The van der Waals surface area contributed by atoms with Crippen LogP contribution in [0.1, 0.15) is 86.1 Å². The van der Waals surface area contributed by atoms with E-state index >= 15 is 0 Å². The molecule has 0 spiro atoms. The van der Waals surface area contributed by atoms with Gasteiger partial charge in [-0.2, -0.15) is 5.10 Å². The van der Waals surface area contributed by atoms with E-state index in [1.54, 1.807) is 4.68 Å². The number of benzene rings is 3. The largest absolute Gasteiger partial charge is 0.324 e. The summed E-state index contributed by atoms with van der Waals surface area (Å²) in [5.74, 6) is 1.35. The number of urea groups is 1. The molecule has 4 aromatic rings. The van der Waals surface area contributed by atoms with E-state index in [0.29, 0.717) is 17.4 Å². The van der Waals surface area contributed by atoms with E-state index in [9.17, 15) is 9.59 Å². The maximum Gasteiger partial charge on any atom is 0.324 e. The van der Waals surface area contributed by atoms with Gasteiger partial charge in [0.25, 0.3) is 0 Å². The zero-order valence-corrected chi connectivity index (χ0v) is 27.5. The molecule has 0 bridgehead atoms. The lowest BCUT2D eigenvalue weighted by atomic mass is 9.76. The minimum absolute atomic E-state index is 0.162. The van der Waals surface area contributed by atoms with Crippen LogP contribution in [0, 0.1) is 18.8 Å². The second-order valence-electron chi connectivity index (χ2n) is 13.8. The van der Waals surface area contributed by atoms with Gasteiger partial charge in [0, 0.05) is 22.7 Å². The third-order valence-electron chi connectivity index (χ3n) is 8.55. The summed E-state index contributed by atoms with van der Waals surface area (Å²) < 4.78 is 1.77. The number of amides is 2. The molecule has 1 aliphatic rings. The number of hydrogen-bond donors (Lipinski definition) is 3. The Morgan fingerprint density at radius 2 is 1.56 bits per heavy atom. The summed E-state index contributed by atoms with van der Waals surface area (Å²) in [4.78, 5) is 27.2. The van der Waals surface area contributed by atoms with Gasteiger partial charge in [-0.15, -0.1) is 0 Å². The van der Waals surface area contributed by atoms with Crippen LogP contribution in [0.15, 0.2) is 78.9 Å². The van der Waals surface area contributed by atoms with E-state index in [-0.39, 0.29) is 29.1 Å². The summed E-state index contributed by atoms with van der Waals surface area (Å²) in [6, 6.07) is 25.5. The number of nitrogens with zero attached hydrogens (tertiary/aromatic N) is 2. The minimum atomic E-state index is -0.357. The van der Waals surface area contributed by atoms with Crippen molar-refractivity contribution < 1.29 is 9.59 Å². The van der Waals surface area contributed by atoms with Crippen LogP contribution in [0.2, 0.25) is 0 Å². The van der Waals surface area contributed by atoms with Crippen molar-refractivity contribution in [3.05, 3.63) is 107 Å². The van der Waals surface area contributed by atoms with E-state index in [4.69, 9.17) is 5.10 Å². The van der Waals surface area contributed by atoms with Crippen LogP contribution in [-0.2, 0) is 11.8 Å². The molecule has 1 aromatic heterocycles. The number of ketones is 1. The fourth-order valence-corrected chi connectivity index (χ4v) is 6.04. The molecule has 45 heavy (non-hydrogen) atoms. The molecule has 7 heteroatoms. The summed E-state index contributed by atoms with van der Waals surface area (Å²) in [5.41, 5.74) is 6.38. The molecular formula is C38H47N5O2. The van der Waals surface area contributed by atoms with Gasteiger partial charge in [0.15, 0.2) is 5.78 Å². The average molecular weight is 606 g/mol. The molecule has 0 aliphatic carbocycles. The first-order valence-corrected chi connectivity index (χ1v) is 16.2. The van der Waals surface area contributed by atoms with Gasteiger partial charge < -0.3 is 10.6 Å². The number of hydrogen-bond acceptors (Lipinski definition) is 4. The first kappa shape index (κ1) is 32.2. The van der Waals surface area contributed by atoms with Gasteiger partial charge in [-0.05, 0) is 86.5 Å². The molecule has 7 nitrogen and oxygen atoms in total. The Kier molecular flexibility index (Phi) is 9.88. The lowest BCUT2D eigenvalue weighted by molar-refractivity contribution is 0.0916. The zero-order valence-electron chi connectivity index (χ0n) is 27.5. The van der Waals surface area contributed by atoms with Crippen molar-refractivity contribution in [2.45, 2.75) is 72.1 Å². The molecule has 1 aliphatic heterocycles. The van der Waals surface area contributed by atoms with Crippen LogP contribution in [0.3, 0.4) is 0 Å². The highest BCUT2D eigenvalue weighted by molar-refractivity contribution is 6.02. The standard InChI is InChI=1S/C38H47N5O2/c1-25(2)23-27-9-11-30(12-10-27)36(44)35(29-19-21-39-22-20-29)28-13-15-31(16-14-28)40-37(45)41-34-24-33(38(4,5)6)42-43(34)32-17-7-26(3)8-18-32/h7-18,24-25,29,35,39H,19-23H2,1-6H3,(H2,40,41,45). The molecule has 0 radical (unpaired) electrons. The fraction of sp³-hybridized carbons (Fsp3) is 0.395. The highest BCUT2D eigenvalue weighted by atomic mass is 16.2. The summed E-state index contributed by atoms with van der Waals surface area (Å²) >= 11 is 0. The Morgan fingerprint density at radius 1 is 0.911 bits per heavy atom. The monoisotopic (exact) mass is 605 g/mol. The maximum atomic E-state index is 14.0. The lowest BCUT2D eigenvalue weighted by Gasteiger charge is -2.30. The minimum Gasteiger partial charge on any atom is -0.317 e. The highest BCUT2D eigenvalue weighted by Gasteiger charge is 2.31. The van der Waals surface area contributed by atoms with Crippen LogP contribution in [0.5, 0.6) is 0 Å². The van der Waals surface area contributed by atoms with Crippen LogP contribution >= 0.6 is 0 Å². The summed E-state index contributed by atoms with van der Waals surface area (Å²) in [7, 11) is 0. The van der Waals surface area contributed by atoms with Crippen molar-refractivity contribution in [3.63, 3.8) is 0 Å². The predicted octanol–water partition coefficient (Wildman–Crippen LogP) is 8.29. The Morgan fingerprint density at radius 3 is 2.16 bits per heavy atom. The van der Waals surface area contributed by atoms with E-state index in [1.165, 1.54) is 5.56 Å². The normalized spacial score (nSPS) is 14.7. The van der Waals surface area contributed by atoms with Crippen molar-refractivity contribution in [3.8, 4) is 5.69 Å². The van der Waals surface area contributed by atoms with Crippen molar-refractivity contribution in [2.24, 2.45) is 11.8 Å². The van der Waals surface area contributed by atoms with E-state index in [1.807, 2.05) is 73.7 Å². The molecule has 1 saturated heterocycles. The molecule has 236 valence electrons. The molecule has 2 heterocycles. The second kappa shape index (κ2) is 13.8. The van der Waals surface area contributed by atoms with Gasteiger partial charge in [0.2, 0.25) is 0 Å². The molecule has 1 unspecified atom stereocenters. The van der Waals surface area contributed by atoms with Crippen molar-refractivity contribution in [1.82, 2.24) is 15.1 Å². The first-order chi connectivity index (χ1) is 21.5. The topological polar surface area (TPSA) is 88.1 Å². The quantitative estimate of drug-likeness (QED) is 0.168. The summed E-state index contributed by atoms with van der Waals surface area (Å²) in [5, 5.41) is 14.2. The predicted molar refractivity (Wildman–Crippen MR) is 184 cm³/mol. The number of aromatic nitrogens is 2. The molecular weight excluding hydrogens is 558 g/mol. The number of nitrogens with one attached hydrogen (secondary N) is 3. The highest BCUT2D eigenvalue weighted by Crippen LogP contribution is 2.35. The van der Waals surface area contributed by atoms with Crippen LogP contribution < -0.4 is 16.0 Å². The van der Waals surface area contributed by atoms with Gasteiger partial charge in [-0.1, -0.05) is 88.7 Å². The van der Waals surface area contributed by atoms with Crippen molar-refractivity contribution in [2.75, 3.05) is 23.7 Å². The van der Waals surface area contributed by atoms with Crippen molar-refractivity contribution >= 4 is 23.3 Å². The van der Waals surface area contributed by atoms with Crippen LogP contribution in [0.4, 0.5) is 16.3 Å². The van der Waals surface area contributed by atoms with Gasteiger partial charge in [0.1, 0.15) is 5.82 Å². The number of aryl methyl sites for hydroxylation is 1. The number of Topliss-reactive ketones (excluding diaryl/α,β-unsaturated/α-hetero) is 1. The molecule has 3 N–H and O–H groups in total. The third-order valence-corrected chi connectivity index (χ3v) is 8.55. The van der Waals surface area contributed by atoms with Crippen LogP contribution in [0.25, 0.3) is 5.69 Å². The molecule has 1 fully saturated rings. The molecule has 3 aromatic carbocycles. The number of anilines is 2. The smallest absolute Gasteiger partial charge is 0.317 e. The lowest BCUT2D eigenvalue weighted by Crippen LogP contribution is -2.33. The number of carbonyl (C=O) groups excluding carboxylic acids is 2. The van der Waals surface area contributed by atoms with Gasteiger partial charge in [0.05, 0.1) is 17.3 Å². The van der Waals surface area contributed by atoms with Gasteiger partial charge >= 0.3 is 6.03 Å². The SMILES string of the molecule is Cc1ccc(-n2nc(C(C)(C)C)cc2NC(=O)Nc2ccc(C(C(=O)c3ccc(CC(C)C)cc3)C3CCNCC3)cc2)cc1. The maximum absolute atomic E-state index is 14.0. The van der Waals surface area contributed by atoms with Gasteiger partial charge in [-0.3, -0.25) is 10.1 Å². The second-order valence-corrected chi connectivity index (χ2v) is 13.8. The number of carbonyl (C=O) groups is 2. The summed E-state index contributed by atoms with van der Waals surface area (Å²) in [6.07, 6.45) is 2.91. The Balaban J connectivity index is 1.33. The first-order valence-electron chi connectivity index (χ1n) is 16.2. The number of piperidine rings is 1. The van der Waals surface area contributed by atoms with E-state index in [0.717, 1.165) is 60.4 Å². The van der Waals surface area contributed by atoms with Crippen molar-refractivity contribution in [1.29, 1.82) is 0 Å². The molecule has 0 saturated carbocycles.